The number of benzene rings is 2. The molecule has 130 valence electrons. The third-order valence-corrected chi connectivity index (χ3v) is 3.40. The molecule has 2 aromatic carbocycles. The lowest BCUT2D eigenvalue weighted by atomic mass is 10.2. The molecule has 0 amide bonds. The van der Waals surface area contributed by atoms with Gasteiger partial charge < -0.3 is 20.3 Å². The van der Waals surface area contributed by atoms with E-state index in [1.54, 1.807) is 18.2 Å². The highest BCUT2D eigenvalue weighted by Gasteiger charge is 1.98. The Morgan fingerprint density at radius 2 is 1.68 bits per heavy atom. The van der Waals surface area contributed by atoms with Gasteiger partial charge in [-0.25, -0.2) is 0 Å². The van der Waals surface area contributed by atoms with Crippen LogP contribution >= 0.6 is 0 Å². The van der Waals surface area contributed by atoms with Crippen LogP contribution in [0.25, 0.3) is 0 Å². The van der Waals surface area contributed by atoms with Gasteiger partial charge in [0.2, 0.25) is 0 Å². The number of hydrogen-bond acceptors (Lipinski definition) is 6. The molecule has 25 heavy (non-hydrogen) atoms. The average molecular weight is 337 g/mol. The third-order valence-electron chi connectivity index (χ3n) is 3.40. The van der Waals surface area contributed by atoms with Crippen LogP contribution in [0.3, 0.4) is 0 Å². The van der Waals surface area contributed by atoms with Gasteiger partial charge in [-0.15, -0.1) is 10.2 Å². The molecule has 0 atom stereocenters. The van der Waals surface area contributed by atoms with Crippen LogP contribution in [0.15, 0.2) is 83.6 Å². The van der Waals surface area contributed by atoms with Gasteiger partial charge in [-0.3, -0.25) is 0 Å². The number of nitrogens with one attached hydrogen (secondary N) is 2. The number of azo groups is 1. The van der Waals surface area contributed by atoms with Crippen LogP contribution in [0.4, 0.5) is 17.1 Å². The summed E-state index contributed by atoms with van der Waals surface area (Å²) in [4.78, 5) is 1.78. The highest BCUT2D eigenvalue weighted by molar-refractivity contribution is 5.62. The molecule has 0 spiro atoms. The van der Waals surface area contributed by atoms with Gasteiger partial charge in [0.15, 0.2) is 0 Å². The monoisotopic (exact) mass is 337 g/mol. The Morgan fingerprint density at radius 1 is 1.08 bits per heavy atom. The molecule has 2 rings (SSSR count). The molecule has 0 saturated heterocycles. The lowest BCUT2D eigenvalue weighted by Gasteiger charge is -2.11. The van der Waals surface area contributed by atoms with E-state index in [1.807, 2.05) is 68.8 Å². The molecule has 6 nitrogen and oxygen atoms in total. The summed E-state index contributed by atoms with van der Waals surface area (Å²) in [6, 6.07) is 15.4. The number of nitrogens with zero attached hydrogens (tertiary/aromatic N) is 3. The van der Waals surface area contributed by atoms with Gasteiger partial charge in [0.05, 0.1) is 12.8 Å². The van der Waals surface area contributed by atoms with Crippen molar-refractivity contribution in [1.29, 1.82) is 0 Å². The molecule has 0 fully saturated rings. The molecule has 0 heterocycles. The van der Waals surface area contributed by atoms with Crippen molar-refractivity contribution in [3.63, 3.8) is 0 Å². The predicted octanol–water partition coefficient (Wildman–Crippen LogP) is 4.62. The standard InChI is InChI=1S/C19H23N5O/c1-15(24(3)14-13-20-2)22-23-18-7-5-16(6-8-18)21-17-9-11-19(25-4)12-10-17/h5-14,20-21H,1H2,2-4H3/b14-13-,23-22+. The first-order valence-electron chi connectivity index (χ1n) is 7.81. The maximum absolute atomic E-state index is 5.15. The second-order valence-electron chi connectivity index (χ2n) is 5.23. The van der Waals surface area contributed by atoms with Crippen molar-refractivity contribution in [1.82, 2.24) is 10.2 Å². The van der Waals surface area contributed by atoms with Crippen LogP contribution in [0.1, 0.15) is 0 Å². The lowest BCUT2D eigenvalue weighted by molar-refractivity contribution is 0.415. The van der Waals surface area contributed by atoms with Gasteiger partial charge >= 0.3 is 0 Å². The molecule has 6 heteroatoms. The topological polar surface area (TPSA) is 61.3 Å². The molecule has 0 unspecified atom stereocenters. The van der Waals surface area contributed by atoms with Crippen molar-refractivity contribution < 1.29 is 4.74 Å². The van der Waals surface area contributed by atoms with Gasteiger partial charge in [-0.1, -0.05) is 6.58 Å². The number of methoxy groups -OCH3 is 1. The van der Waals surface area contributed by atoms with E-state index in [2.05, 4.69) is 27.4 Å². The third kappa shape index (κ3) is 5.69. The van der Waals surface area contributed by atoms with Crippen molar-refractivity contribution in [2.75, 3.05) is 26.5 Å². The van der Waals surface area contributed by atoms with E-state index in [9.17, 15) is 0 Å². The zero-order valence-electron chi connectivity index (χ0n) is 14.7. The zero-order chi connectivity index (χ0) is 18.1. The smallest absolute Gasteiger partial charge is 0.147 e. The Hall–Kier alpha value is -3.28. The molecule has 0 aliphatic rings. The van der Waals surface area contributed by atoms with E-state index in [0.29, 0.717) is 5.82 Å². The highest BCUT2D eigenvalue weighted by atomic mass is 16.5. The summed E-state index contributed by atoms with van der Waals surface area (Å²) in [5, 5.41) is 14.5. The maximum atomic E-state index is 5.15. The van der Waals surface area contributed by atoms with Crippen LogP contribution in [-0.4, -0.2) is 26.1 Å². The number of hydrogen-bond donors (Lipinski definition) is 2. The van der Waals surface area contributed by atoms with E-state index < -0.39 is 0 Å². The quantitative estimate of drug-likeness (QED) is 0.690. The Balaban J connectivity index is 1.95. The maximum Gasteiger partial charge on any atom is 0.147 e. The first-order chi connectivity index (χ1) is 12.1. The zero-order valence-corrected chi connectivity index (χ0v) is 14.7. The van der Waals surface area contributed by atoms with E-state index >= 15 is 0 Å². The number of rotatable bonds is 8. The van der Waals surface area contributed by atoms with Crippen LogP contribution in [0, 0.1) is 0 Å². The Bertz CT molecular complexity index is 735. The van der Waals surface area contributed by atoms with Crippen molar-refractivity contribution in [3.8, 4) is 5.75 Å². The lowest BCUT2D eigenvalue weighted by Crippen LogP contribution is -2.08. The Kier molecular flexibility index (Phi) is 6.59. The summed E-state index contributed by atoms with van der Waals surface area (Å²) in [6.07, 6.45) is 3.61. The van der Waals surface area contributed by atoms with E-state index in [4.69, 9.17) is 4.74 Å². The fourth-order valence-corrected chi connectivity index (χ4v) is 1.91. The van der Waals surface area contributed by atoms with Gasteiger partial charge in [-0.2, -0.15) is 0 Å². The van der Waals surface area contributed by atoms with E-state index in [1.165, 1.54) is 0 Å². The summed E-state index contributed by atoms with van der Waals surface area (Å²) in [5.74, 6) is 1.38. The summed E-state index contributed by atoms with van der Waals surface area (Å²) in [6.45, 7) is 3.87. The summed E-state index contributed by atoms with van der Waals surface area (Å²) in [7, 11) is 5.34. The van der Waals surface area contributed by atoms with Crippen LogP contribution in [0.5, 0.6) is 5.75 Å². The van der Waals surface area contributed by atoms with Gasteiger partial charge in [0, 0.05) is 37.9 Å². The molecule has 0 aromatic heterocycles. The van der Waals surface area contributed by atoms with Crippen LogP contribution in [-0.2, 0) is 0 Å². The molecule has 0 aliphatic carbocycles. The minimum absolute atomic E-state index is 0.548. The normalized spacial score (nSPS) is 10.8. The van der Waals surface area contributed by atoms with Crippen molar-refractivity contribution in [2.45, 2.75) is 0 Å². The number of anilines is 2. The number of ether oxygens (including phenoxy) is 1. The minimum atomic E-state index is 0.548. The minimum Gasteiger partial charge on any atom is -0.497 e. The van der Waals surface area contributed by atoms with Crippen molar-refractivity contribution >= 4 is 17.1 Å². The molecule has 0 saturated carbocycles. The Labute approximate surface area is 148 Å². The molecule has 2 aromatic rings. The summed E-state index contributed by atoms with van der Waals surface area (Å²) in [5.41, 5.74) is 2.71. The van der Waals surface area contributed by atoms with Crippen molar-refractivity contribution in [3.05, 3.63) is 73.3 Å². The fourth-order valence-electron chi connectivity index (χ4n) is 1.91. The second-order valence-corrected chi connectivity index (χ2v) is 5.23. The fraction of sp³-hybridized carbons (Fsp3) is 0.158. The molecular weight excluding hydrogens is 314 g/mol. The molecule has 0 bridgehead atoms. The SMILES string of the molecule is C=C(/N=N/c1ccc(Nc2ccc(OC)cc2)cc1)N(C)/C=C\NC. The predicted molar refractivity (Wildman–Crippen MR) is 102 cm³/mol. The molecule has 0 radical (unpaired) electrons. The van der Waals surface area contributed by atoms with Crippen LogP contribution < -0.4 is 15.4 Å². The highest BCUT2D eigenvalue weighted by Crippen LogP contribution is 2.22. The molecule has 2 N–H and O–H groups in total. The van der Waals surface area contributed by atoms with E-state index in [-0.39, 0.29) is 0 Å². The van der Waals surface area contributed by atoms with Crippen molar-refractivity contribution in [2.24, 2.45) is 10.2 Å². The summed E-state index contributed by atoms with van der Waals surface area (Å²) >= 11 is 0. The summed E-state index contributed by atoms with van der Waals surface area (Å²) < 4.78 is 5.15. The van der Waals surface area contributed by atoms with E-state index in [0.717, 1.165) is 22.8 Å². The Morgan fingerprint density at radius 3 is 2.24 bits per heavy atom. The largest absolute Gasteiger partial charge is 0.497 e. The van der Waals surface area contributed by atoms with Gasteiger partial charge in [0.1, 0.15) is 11.6 Å². The van der Waals surface area contributed by atoms with Crippen LogP contribution in [0.2, 0.25) is 0 Å². The second kappa shape index (κ2) is 9.12. The molecule has 0 aliphatic heterocycles. The van der Waals surface area contributed by atoms with Gasteiger partial charge in [-0.05, 0) is 48.5 Å². The molecular formula is C19H23N5O. The average Bonchev–Trinajstić information content (AvgIpc) is 2.65. The van der Waals surface area contributed by atoms with Gasteiger partial charge in [0.25, 0.3) is 0 Å². The first kappa shape index (κ1) is 18.1. The first-order valence-corrected chi connectivity index (χ1v) is 7.81.